The number of aliphatic hydroxyl groups is 1. The largest absolute Gasteiger partial charge is 0.396 e. The molecule has 0 spiro atoms. The molecule has 4 nitrogen and oxygen atoms in total. The van der Waals surface area contributed by atoms with Crippen LogP contribution in [-0.4, -0.2) is 36.8 Å². The molecule has 0 aromatic rings. The van der Waals surface area contributed by atoms with Crippen LogP contribution in [0.4, 0.5) is 0 Å². The van der Waals surface area contributed by atoms with E-state index < -0.39 is 0 Å². The zero-order chi connectivity index (χ0) is 10.8. The van der Waals surface area contributed by atoms with Crippen molar-refractivity contribution in [2.45, 2.75) is 39.2 Å². The quantitative estimate of drug-likeness (QED) is 0.529. The minimum absolute atomic E-state index is 0.0442. The summed E-state index contributed by atoms with van der Waals surface area (Å²) < 4.78 is 0. The second-order valence-corrected chi connectivity index (χ2v) is 3.50. The van der Waals surface area contributed by atoms with Crippen LogP contribution in [0.3, 0.4) is 0 Å². The molecule has 0 fully saturated rings. The summed E-state index contributed by atoms with van der Waals surface area (Å²) in [4.78, 5) is 11.2. The summed E-state index contributed by atoms with van der Waals surface area (Å²) in [7, 11) is 0. The molecular formula is C10H22N2O2. The number of rotatable bonds is 8. The van der Waals surface area contributed by atoms with Gasteiger partial charge in [0, 0.05) is 19.2 Å². The van der Waals surface area contributed by atoms with Crippen LogP contribution in [0.1, 0.15) is 33.1 Å². The SMILES string of the molecule is CCCNC(=O)CNC(C)CCCO. The lowest BCUT2D eigenvalue weighted by atomic mass is 10.2. The Bertz CT molecular complexity index is 151. The molecule has 1 amide bonds. The molecule has 0 saturated carbocycles. The van der Waals surface area contributed by atoms with Crippen LogP contribution in [0.25, 0.3) is 0 Å². The molecule has 14 heavy (non-hydrogen) atoms. The van der Waals surface area contributed by atoms with E-state index in [1.165, 1.54) is 0 Å². The number of hydrogen-bond acceptors (Lipinski definition) is 3. The van der Waals surface area contributed by atoms with Gasteiger partial charge in [0.2, 0.25) is 5.91 Å². The van der Waals surface area contributed by atoms with Gasteiger partial charge in [-0.3, -0.25) is 4.79 Å². The topological polar surface area (TPSA) is 61.4 Å². The smallest absolute Gasteiger partial charge is 0.233 e. The number of nitrogens with one attached hydrogen (secondary N) is 2. The maximum atomic E-state index is 11.2. The highest BCUT2D eigenvalue weighted by atomic mass is 16.2. The van der Waals surface area contributed by atoms with Crippen LogP contribution in [0.2, 0.25) is 0 Å². The predicted octanol–water partition coefficient (Wildman–Crippen LogP) is 0.263. The van der Waals surface area contributed by atoms with E-state index in [0.717, 1.165) is 25.8 Å². The first-order valence-electron chi connectivity index (χ1n) is 5.31. The van der Waals surface area contributed by atoms with Gasteiger partial charge in [-0.05, 0) is 26.2 Å². The number of carbonyl (C=O) groups excluding carboxylic acids is 1. The molecule has 0 bridgehead atoms. The molecule has 1 unspecified atom stereocenters. The van der Waals surface area contributed by atoms with Crippen LogP contribution in [0.15, 0.2) is 0 Å². The molecule has 0 aliphatic heterocycles. The summed E-state index contributed by atoms with van der Waals surface area (Å²) in [6, 6.07) is 0.287. The molecule has 84 valence electrons. The fraction of sp³-hybridized carbons (Fsp3) is 0.900. The minimum atomic E-state index is 0.0442. The average molecular weight is 202 g/mol. The van der Waals surface area contributed by atoms with Crippen molar-refractivity contribution in [2.24, 2.45) is 0 Å². The van der Waals surface area contributed by atoms with E-state index in [1.807, 2.05) is 13.8 Å². The fourth-order valence-corrected chi connectivity index (χ4v) is 1.09. The molecule has 3 N–H and O–H groups in total. The van der Waals surface area contributed by atoms with Crippen molar-refractivity contribution in [2.75, 3.05) is 19.7 Å². The molecule has 0 aliphatic rings. The van der Waals surface area contributed by atoms with Crippen molar-refractivity contribution in [3.05, 3.63) is 0 Å². The van der Waals surface area contributed by atoms with E-state index in [2.05, 4.69) is 10.6 Å². The summed E-state index contributed by atoms with van der Waals surface area (Å²) in [6.45, 7) is 5.37. The Labute approximate surface area is 86.1 Å². The summed E-state index contributed by atoms with van der Waals surface area (Å²) in [5, 5.41) is 14.5. The second-order valence-electron chi connectivity index (χ2n) is 3.50. The van der Waals surface area contributed by atoms with E-state index in [4.69, 9.17) is 5.11 Å². The maximum Gasteiger partial charge on any atom is 0.233 e. The Kier molecular flexibility index (Phi) is 8.57. The van der Waals surface area contributed by atoms with Crippen LogP contribution in [0, 0.1) is 0 Å². The van der Waals surface area contributed by atoms with Crippen molar-refractivity contribution in [1.29, 1.82) is 0 Å². The van der Waals surface area contributed by atoms with E-state index >= 15 is 0 Å². The molecule has 0 heterocycles. The fourth-order valence-electron chi connectivity index (χ4n) is 1.09. The molecule has 4 heteroatoms. The van der Waals surface area contributed by atoms with E-state index in [-0.39, 0.29) is 18.6 Å². The first-order chi connectivity index (χ1) is 6.70. The van der Waals surface area contributed by atoms with E-state index in [0.29, 0.717) is 6.54 Å². The van der Waals surface area contributed by atoms with Crippen LogP contribution < -0.4 is 10.6 Å². The molecule has 1 atom stereocenters. The molecule has 0 radical (unpaired) electrons. The monoisotopic (exact) mass is 202 g/mol. The first-order valence-corrected chi connectivity index (χ1v) is 5.31. The highest BCUT2D eigenvalue weighted by molar-refractivity contribution is 5.77. The normalized spacial score (nSPS) is 12.5. The number of amides is 1. The highest BCUT2D eigenvalue weighted by Crippen LogP contribution is 1.93. The number of aliphatic hydroxyl groups excluding tert-OH is 1. The third kappa shape index (κ3) is 8.01. The Balaban J connectivity index is 3.36. The zero-order valence-electron chi connectivity index (χ0n) is 9.18. The van der Waals surface area contributed by atoms with Crippen LogP contribution in [0.5, 0.6) is 0 Å². The lowest BCUT2D eigenvalue weighted by Gasteiger charge is -2.12. The van der Waals surface area contributed by atoms with Gasteiger partial charge in [-0.25, -0.2) is 0 Å². The number of carbonyl (C=O) groups is 1. The zero-order valence-corrected chi connectivity index (χ0v) is 9.18. The van der Waals surface area contributed by atoms with Crippen molar-refractivity contribution in [3.63, 3.8) is 0 Å². The van der Waals surface area contributed by atoms with Crippen LogP contribution in [-0.2, 0) is 4.79 Å². The molecular weight excluding hydrogens is 180 g/mol. The van der Waals surface area contributed by atoms with Crippen LogP contribution >= 0.6 is 0 Å². The van der Waals surface area contributed by atoms with Gasteiger partial charge in [-0.15, -0.1) is 0 Å². The Morgan fingerprint density at radius 1 is 1.50 bits per heavy atom. The molecule has 0 aromatic heterocycles. The standard InChI is InChI=1S/C10H22N2O2/c1-3-6-11-10(14)8-12-9(2)5-4-7-13/h9,12-13H,3-8H2,1-2H3,(H,11,14). The highest BCUT2D eigenvalue weighted by Gasteiger charge is 2.03. The Morgan fingerprint density at radius 3 is 2.79 bits per heavy atom. The van der Waals surface area contributed by atoms with Crippen molar-refractivity contribution >= 4 is 5.91 Å². The third-order valence-electron chi connectivity index (χ3n) is 1.98. The number of hydrogen-bond donors (Lipinski definition) is 3. The summed E-state index contributed by atoms with van der Waals surface area (Å²) in [5.41, 5.74) is 0. The third-order valence-corrected chi connectivity index (χ3v) is 1.98. The first kappa shape index (κ1) is 13.4. The maximum absolute atomic E-state index is 11.2. The lowest BCUT2D eigenvalue weighted by Crippen LogP contribution is -2.38. The van der Waals surface area contributed by atoms with Crippen molar-refractivity contribution in [3.8, 4) is 0 Å². The molecule has 0 rings (SSSR count). The van der Waals surface area contributed by atoms with Crippen molar-refractivity contribution < 1.29 is 9.90 Å². The van der Waals surface area contributed by atoms with Gasteiger partial charge in [0.25, 0.3) is 0 Å². The Morgan fingerprint density at radius 2 is 2.21 bits per heavy atom. The van der Waals surface area contributed by atoms with Crippen molar-refractivity contribution in [1.82, 2.24) is 10.6 Å². The van der Waals surface area contributed by atoms with Gasteiger partial charge in [-0.1, -0.05) is 6.92 Å². The minimum Gasteiger partial charge on any atom is -0.396 e. The molecule has 0 aromatic carbocycles. The van der Waals surface area contributed by atoms with Gasteiger partial charge < -0.3 is 15.7 Å². The van der Waals surface area contributed by atoms with Gasteiger partial charge in [0.05, 0.1) is 6.54 Å². The van der Waals surface area contributed by atoms with Gasteiger partial charge in [0.15, 0.2) is 0 Å². The van der Waals surface area contributed by atoms with Gasteiger partial charge in [-0.2, -0.15) is 0 Å². The predicted molar refractivity (Wildman–Crippen MR) is 57.1 cm³/mol. The Hall–Kier alpha value is -0.610. The second kappa shape index (κ2) is 8.97. The average Bonchev–Trinajstić information content (AvgIpc) is 2.20. The van der Waals surface area contributed by atoms with Gasteiger partial charge in [0.1, 0.15) is 0 Å². The lowest BCUT2D eigenvalue weighted by molar-refractivity contribution is -0.120. The van der Waals surface area contributed by atoms with Gasteiger partial charge >= 0.3 is 0 Å². The molecule has 0 saturated heterocycles. The summed E-state index contributed by atoms with van der Waals surface area (Å²) in [6.07, 6.45) is 2.65. The molecule has 0 aliphatic carbocycles. The van der Waals surface area contributed by atoms with E-state index in [9.17, 15) is 4.79 Å². The summed E-state index contributed by atoms with van der Waals surface area (Å²) >= 11 is 0. The van der Waals surface area contributed by atoms with E-state index in [1.54, 1.807) is 0 Å². The summed E-state index contributed by atoms with van der Waals surface area (Å²) in [5.74, 6) is 0.0442.